The second-order valence-corrected chi connectivity index (χ2v) is 6.87. The molecule has 1 saturated carbocycles. The summed E-state index contributed by atoms with van der Waals surface area (Å²) in [5, 5.41) is 3.68. The first-order valence-corrected chi connectivity index (χ1v) is 8.68. The lowest BCUT2D eigenvalue weighted by Crippen LogP contribution is -2.49. The van der Waals surface area contributed by atoms with Crippen molar-refractivity contribution >= 4 is 29.9 Å². The Hall–Kier alpha value is -0.790. The van der Waals surface area contributed by atoms with E-state index in [1.54, 1.807) is 0 Å². The molecule has 0 spiro atoms. The van der Waals surface area contributed by atoms with Gasteiger partial charge >= 0.3 is 0 Å². The van der Waals surface area contributed by atoms with Crippen LogP contribution in [0.1, 0.15) is 45.6 Å². The fourth-order valence-electron chi connectivity index (χ4n) is 3.67. The summed E-state index contributed by atoms with van der Waals surface area (Å²) >= 11 is 0. The quantitative estimate of drug-likeness (QED) is 0.453. The molecule has 2 heterocycles. The second-order valence-electron chi connectivity index (χ2n) is 6.87. The van der Waals surface area contributed by atoms with Crippen LogP contribution in [0.15, 0.2) is 23.7 Å². The van der Waals surface area contributed by atoms with Crippen LogP contribution in [0.25, 0.3) is 0 Å². The number of rotatable bonds is 4. The summed E-state index contributed by atoms with van der Waals surface area (Å²) in [4.78, 5) is 11.2. The first-order valence-electron chi connectivity index (χ1n) is 8.68. The van der Waals surface area contributed by atoms with E-state index in [0.29, 0.717) is 18.0 Å². The summed E-state index contributed by atoms with van der Waals surface area (Å²) in [5.74, 6) is 2.62. The number of hydrogen-bond donors (Lipinski definition) is 1. The Labute approximate surface area is 157 Å². The molecule has 3 rings (SSSR count). The van der Waals surface area contributed by atoms with Gasteiger partial charge in [-0.25, -0.2) is 4.98 Å². The van der Waals surface area contributed by atoms with E-state index in [2.05, 4.69) is 44.8 Å². The molecule has 4 unspecified atom stereocenters. The molecule has 0 radical (unpaired) electrons. The van der Waals surface area contributed by atoms with Gasteiger partial charge in [-0.2, -0.15) is 0 Å². The van der Waals surface area contributed by atoms with Gasteiger partial charge in [-0.05, 0) is 31.1 Å². The normalized spacial score (nSPS) is 30.7. The van der Waals surface area contributed by atoms with Gasteiger partial charge in [-0.15, -0.1) is 24.0 Å². The Morgan fingerprint density at radius 1 is 1.43 bits per heavy atom. The molecule has 0 aromatic carbocycles. The zero-order chi connectivity index (χ0) is 15.5. The Morgan fingerprint density at radius 3 is 2.91 bits per heavy atom. The maximum Gasteiger partial charge on any atom is 0.193 e. The molecule has 1 aliphatic heterocycles. The van der Waals surface area contributed by atoms with Crippen molar-refractivity contribution in [1.82, 2.24) is 19.8 Å². The number of halogens is 1. The minimum atomic E-state index is 0. The smallest absolute Gasteiger partial charge is 0.193 e. The molecule has 5 nitrogen and oxygen atoms in total. The van der Waals surface area contributed by atoms with Gasteiger partial charge in [0.2, 0.25) is 0 Å². The first-order chi connectivity index (χ1) is 10.7. The Balaban J connectivity index is 0.00000192. The van der Waals surface area contributed by atoms with E-state index >= 15 is 0 Å². The first kappa shape index (κ1) is 18.5. The number of aliphatic imine (C=N–C) groups is 1. The summed E-state index contributed by atoms with van der Waals surface area (Å²) in [6.45, 7) is 6.72. The molecular formula is C17H30IN5. The predicted molar refractivity (Wildman–Crippen MR) is 105 cm³/mol. The Bertz CT molecular complexity index is 501. The molecule has 1 saturated heterocycles. The van der Waals surface area contributed by atoms with Crippen LogP contribution >= 0.6 is 24.0 Å². The van der Waals surface area contributed by atoms with Crippen molar-refractivity contribution in [3.8, 4) is 0 Å². The molecule has 2 fully saturated rings. The van der Waals surface area contributed by atoms with Crippen LogP contribution in [-0.4, -0.2) is 46.6 Å². The zero-order valence-electron chi connectivity index (χ0n) is 14.5. The SMILES string of the molecule is CCCC1CC1NC(=NC)N1CCC(C)C(n2ccnc2)C1.I. The molecule has 2 aliphatic rings. The van der Waals surface area contributed by atoms with Crippen LogP contribution in [-0.2, 0) is 0 Å². The van der Waals surface area contributed by atoms with E-state index in [0.717, 1.165) is 25.0 Å². The summed E-state index contributed by atoms with van der Waals surface area (Å²) in [6, 6.07) is 1.13. The van der Waals surface area contributed by atoms with E-state index in [-0.39, 0.29) is 24.0 Å². The predicted octanol–water partition coefficient (Wildman–Crippen LogP) is 3.15. The lowest BCUT2D eigenvalue weighted by Gasteiger charge is -2.39. The summed E-state index contributed by atoms with van der Waals surface area (Å²) in [7, 11) is 1.91. The van der Waals surface area contributed by atoms with Crippen LogP contribution in [0.2, 0.25) is 0 Å². The van der Waals surface area contributed by atoms with E-state index in [1.165, 1.54) is 25.7 Å². The average Bonchev–Trinajstić information content (AvgIpc) is 3.02. The molecule has 1 aliphatic carbocycles. The van der Waals surface area contributed by atoms with Crippen LogP contribution in [0.4, 0.5) is 0 Å². The van der Waals surface area contributed by atoms with E-state index < -0.39 is 0 Å². The highest BCUT2D eigenvalue weighted by atomic mass is 127. The zero-order valence-corrected chi connectivity index (χ0v) is 16.8. The van der Waals surface area contributed by atoms with Crippen LogP contribution in [0.5, 0.6) is 0 Å². The Morgan fingerprint density at radius 2 is 2.26 bits per heavy atom. The molecule has 6 heteroatoms. The van der Waals surface area contributed by atoms with Crippen LogP contribution < -0.4 is 5.32 Å². The summed E-state index contributed by atoms with van der Waals surface area (Å²) < 4.78 is 2.25. The summed E-state index contributed by atoms with van der Waals surface area (Å²) in [6.07, 6.45) is 11.0. The number of piperidine rings is 1. The van der Waals surface area contributed by atoms with Crippen molar-refractivity contribution in [1.29, 1.82) is 0 Å². The van der Waals surface area contributed by atoms with Crippen molar-refractivity contribution in [3.05, 3.63) is 18.7 Å². The monoisotopic (exact) mass is 431 g/mol. The third kappa shape index (κ3) is 4.39. The number of guanidine groups is 1. The minimum Gasteiger partial charge on any atom is -0.353 e. The highest BCUT2D eigenvalue weighted by molar-refractivity contribution is 14.0. The molecule has 1 N–H and O–H groups in total. The number of aromatic nitrogens is 2. The van der Waals surface area contributed by atoms with Crippen LogP contribution in [0.3, 0.4) is 0 Å². The van der Waals surface area contributed by atoms with Gasteiger partial charge in [0.1, 0.15) is 0 Å². The number of hydrogen-bond acceptors (Lipinski definition) is 2. The molecular weight excluding hydrogens is 401 g/mol. The average molecular weight is 431 g/mol. The van der Waals surface area contributed by atoms with Crippen molar-refractivity contribution < 1.29 is 0 Å². The standard InChI is InChI=1S/C17H29N5.HI/c1-4-5-14-10-15(14)20-17(18-3)21-8-6-13(2)16(11-21)22-9-7-19-12-22;/h7,9,12-16H,4-6,8,10-11H2,1-3H3,(H,18,20);1H. The molecule has 1 aromatic rings. The van der Waals surface area contributed by atoms with Crippen molar-refractivity contribution in [2.45, 2.75) is 51.6 Å². The maximum atomic E-state index is 4.53. The molecule has 4 atom stereocenters. The highest BCUT2D eigenvalue weighted by Gasteiger charge is 2.38. The fraction of sp³-hybridized carbons (Fsp3) is 0.765. The van der Waals surface area contributed by atoms with Gasteiger partial charge in [0.15, 0.2) is 5.96 Å². The van der Waals surface area contributed by atoms with Crippen molar-refractivity contribution in [3.63, 3.8) is 0 Å². The van der Waals surface area contributed by atoms with Gasteiger partial charge in [-0.1, -0.05) is 20.3 Å². The molecule has 23 heavy (non-hydrogen) atoms. The lowest BCUT2D eigenvalue weighted by atomic mass is 9.93. The molecule has 0 bridgehead atoms. The number of nitrogens with one attached hydrogen (secondary N) is 1. The minimum absolute atomic E-state index is 0. The van der Waals surface area contributed by atoms with Gasteiger partial charge in [0, 0.05) is 38.6 Å². The molecule has 130 valence electrons. The molecule has 0 amide bonds. The van der Waals surface area contributed by atoms with E-state index in [1.807, 2.05) is 19.6 Å². The number of nitrogens with zero attached hydrogens (tertiary/aromatic N) is 4. The highest BCUT2D eigenvalue weighted by Crippen LogP contribution is 2.35. The third-order valence-electron chi connectivity index (χ3n) is 5.23. The van der Waals surface area contributed by atoms with Gasteiger partial charge in [0.25, 0.3) is 0 Å². The van der Waals surface area contributed by atoms with Gasteiger partial charge < -0.3 is 14.8 Å². The maximum absolute atomic E-state index is 4.53. The summed E-state index contributed by atoms with van der Waals surface area (Å²) in [5.41, 5.74) is 0. The number of likely N-dealkylation sites (tertiary alicyclic amines) is 1. The van der Waals surface area contributed by atoms with Gasteiger partial charge in [0.05, 0.1) is 12.4 Å². The van der Waals surface area contributed by atoms with E-state index in [4.69, 9.17) is 0 Å². The van der Waals surface area contributed by atoms with Crippen LogP contribution in [0, 0.1) is 11.8 Å². The molecule has 1 aromatic heterocycles. The Kier molecular flexibility index (Phi) is 6.73. The van der Waals surface area contributed by atoms with E-state index in [9.17, 15) is 0 Å². The largest absolute Gasteiger partial charge is 0.353 e. The lowest BCUT2D eigenvalue weighted by molar-refractivity contribution is 0.188. The second kappa shape index (κ2) is 8.35. The topological polar surface area (TPSA) is 45.5 Å². The van der Waals surface area contributed by atoms with Gasteiger partial charge in [-0.3, -0.25) is 4.99 Å². The fourth-order valence-corrected chi connectivity index (χ4v) is 3.67. The van der Waals surface area contributed by atoms with Crippen molar-refractivity contribution in [2.24, 2.45) is 16.8 Å². The number of imidazole rings is 1. The van der Waals surface area contributed by atoms with Crippen molar-refractivity contribution in [2.75, 3.05) is 20.1 Å². The third-order valence-corrected chi connectivity index (χ3v) is 5.23.